The van der Waals surface area contributed by atoms with Gasteiger partial charge < -0.3 is 5.32 Å². The molecule has 7 heteroatoms. The fourth-order valence-corrected chi connectivity index (χ4v) is 4.92. The Balaban J connectivity index is 1.74. The molecule has 0 aliphatic heterocycles. The SMILES string of the molecule is CC(C)(C)C1CCc2c(sc(NC(=O)Cc3ccc([N+](=O)[O-])cc3)c2C#N)C1. The summed E-state index contributed by atoms with van der Waals surface area (Å²) in [5.74, 6) is 0.338. The average molecular weight is 398 g/mol. The number of nitro groups is 1. The minimum absolute atomic E-state index is 0.00439. The fourth-order valence-electron chi connectivity index (χ4n) is 3.62. The van der Waals surface area contributed by atoms with Crippen molar-refractivity contribution >= 4 is 27.9 Å². The fraction of sp³-hybridized carbons (Fsp3) is 0.429. The number of nitrogens with one attached hydrogen (secondary N) is 1. The summed E-state index contributed by atoms with van der Waals surface area (Å²) in [6.45, 7) is 6.73. The second-order valence-corrected chi connectivity index (χ2v) is 9.38. The number of anilines is 1. The van der Waals surface area contributed by atoms with E-state index >= 15 is 0 Å². The molecule has 1 unspecified atom stereocenters. The van der Waals surface area contributed by atoms with Gasteiger partial charge in [-0.1, -0.05) is 32.9 Å². The molecule has 1 amide bonds. The second-order valence-electron chi connectivity index (χ2n) is 8.27. The van der Waals surface area contributed by atoms with E-state index in [0.717, 1.165) is 24.8 Å². The highest BCUT2D eigenvalue weighted by Crippen LogP contribution is 2.44. The smallest absolute Gasteiger partial charge is 0.269 e. The minimum atomic E-state index is -0.468. The third kappa shape index (κ3) is 4.23. The summed E-state index contributed by atoms with van der Waals surface area (Å²) in [5, 5.41) is 23.8. The molecule has 1 aliphatic rings. The molecule has 6 nitrogen and oxygen atoms in total. The van der Waals surface area contributed by atoms with Crippen molar-refractivity contribution in [2.45, 2.75) is 46.5 Å². The summed E-state index contributed by atoms with van der Waals surface area (Å²) in [5.41, 5.74) is 2.57. The van der Waals surface area contributed by atoms with E-state index in [2.05, 4.69) is 32.2 Å². The molecular formula is C21H23N3O3S. The normalized spacial score (nSPS) is 16.1. The molecule has 1 atom stereocenters. The summed E-state index contributed by atoms with van der Waals surface area (Å²) in [4.78, 5) is 23.9. The van der Waals surface area contributed by atoms with Crippen molar-refractivity contribution in [3.8, 4) is 6.07 Å². The Kier molecular flexibility index (Phi) is 5.52. The van der Waals surface area contributed by atoms with Crippen LogP contribution in [0.4, 0.5) is 10.7 Å². The van der Waals surface area contributed by atoms with E-state index in [-0.39, 0.29) is 23.4 Å². The van der Waals surface area contributed by atoms with E-state index in [9.17, 15) is 20.2 Å². The Morgan fingerprint density at radius 3 is 2.61 bits per heavy atom. The number of fused-ring (bicyclic) bond motifs is 1. The Bertz CT molecular complexity index is 949. The van der Waals surface area contributed by atoms with Crippen molar-refractivity contribution in [2.75, 3.05) is 5.32 Å². The number of nitro benzene ring substituents is 1. The average Bonchev–Trinajstić information content (AvgIpc) is 2.97. The molecule has 1 aromatic carbocycles. The molecule has 0 saturated heterocycles. The molecule has 1 aliphatic carbocycles. The standard InChI is InChI=1S/C21H23N3O3S/c1-21(2,3)14-6-9-16-17(12-22)20(28-18(16)11-14)23-19(25)10-13-4-7-15(8-5-13)24(26)27/h4-5,7-8,14H,6,9-11H2,1-3H3,(H,23,25). The van der Waals surface area contributed by atoms with Gasteiger partial charge in [-0.2, -0.15) is 5.26 Å². The van der Waals surface area contributed by atoms with Crippen LogP contribution >= 0.6 is 11.3 Å². The Hall–Kier alpha value is -2.72. The first-order valence-electron chi connectivity index (χ1n) is 9.27. The Morgan fingerprint density at radius 1 is 1.36 bits per heavy atom. The van der Waals surface area contributed by atoms with E-state index in [0.29, 0.717) is 22.0 Å². The molecule has 146 valence electrons. The molecule has 0 radical (unpaired) electrons. The molecule has 0 saturated carbocycles. The molecule has 28 heavy (non-hydrogen) atoms. The van der Waals surface area contributed by atoms with Gasteiger partial charge in [-0.3, -0.25) is 14.9 Å². The van der Waals surface area contributed by atoms with Crippen LogP contribution in [-0.2, 0) is 24.1 Å². The quantitative estimate of drug-likeness (QED) is 0.588. The van der Waals surface area contributed by atoms with Gasteiger partial charge in [-0.25, -0.2) is 0 Å². The zero-order valence-electron chi connectivity index (χ0n) is 16.2. The zero-order valence-corrected chi connectivity index (χ0v) is 17.1. The predicted octanol–water partition coefficient (Wildman–Crippen LogP) is 4.86. The second kappa shape index (κ2) is 7.72. The lowest BCUT2D eigenvalue weighted by atomic mass is 9.72. The van der Waals surface area contributed by atoms with E-state index in [1.165, 1.54) is 28.3 Å². The highest BCUT2D eigenvalue weighted by molar-refractivity contribution is 7.16. The van der Waals surface area contributed by atoms with Crippen molar-refractivity contribution in [1.82, 2.24) is 0 Å². The maximum atomic E-state index is 12.5. The van der Waals surface area contributed by atoms with Gasteiger partial charge in [0.15, 0.2) is 0 Å². The number of carbonyl (C=O) groups excluding carboxylic acids is 1. The number of benzene rings is 1. The van der Waals surface area contributed by atoms with E-state index in [4.69, 9.17) is 0 Å². The summed E-state index contributed by atoms with van der Waals surface area (Å²) in [6, 6.07) is 8.20. The summed E-state index contributed by atoms with van der Waals surface area (Å²) >= 11 is 1.51. The molecule has 1 aromatic heterocycles. The van der Waals surface area contributed by atoms with Gasteiger partial charge in [0.25, 0.3) is 5.69 Å². The lowest BCUT2D eigenvalue weighted by Gasteiger charge is -2.33. The molecule has 0 fully saturated rings. The zero-order chi connectivity index (χ0) is 20.5. The van der Waals surface area contributed by atoms with Crippen molar-refractivity contribution in [1.29, 1.82) is 5.26 Å². The summed E-state index contributed by atoms with van der Waals surface area (Å²) < 4.78 is 0. The van der Waals surface area contributed by atoms with Gasteiger partial charge in [-0.05, 0) is 41.7 Å². The van der Waals surface area contributed by atoms with Gasteiger partial charge in [0.1, 0.15) is 11.1 Å². The number of nitriles is 1. The van der Waals surface area contributed by atoms with Crippen LogP contribution in [0.5, 0.6) is 0 Å². The first-order valence-corrected chi connectivity index (χ1v) is 10.1. The molecular weight excluding hydrogens is 374 g/mol. The first-order chi connectivity index (χ1) is 13.2. The predicted molar refractivity (Wildman–Crippen MR) is 109 cm³/mol. The molecule has 0 spiro atoms. The maximum Gasteiger partial charge on any atom is 0.269 e. The number of amides is 1. The number of non-ortho nitro benzene ring substituents is 1. The topological polar surface area (TPSA) is 96.0 Å². The highest BCUT2D eigenvalue weighted by atomic mass is 32.1. The lowest BCUT2D eigenvalue weighted by molar-refractivity contribution is -0.384. The number of thiophene rings is 1. The number of hydrogen-bond acceptors (Lipinski definition) is 5. The Morgan fingerprint density at radius 2 is 2.04 bits per heavy atom. The molecule has 3 rings (SSSR count). The van der Waals surface area contributed by atoms with Gasteiger partial charge in [0.2, 0.25) is 5.91 Å². The Labute approximate surface area is 168 Å². The van der Waals surface area contributed by atoms with Gasteiger partial charge in [0, 0.05) is 17.0 Å². The highest BCUT2D eigenvalue weighted by Gasteiger charge is 2.32. The number of rotatable bonds is 4. The van der Waals surface area contributed by atoms with Crippen LogP contribution in [-0.4, -0.2) is 10.8 Å². The van der Waals surface area contributed by atoms with Gasteiger partial charge >= 0.3 is 0 Å². The summed E-state index contributed by atoms with van der Waals surface area (Å²) in [6.07, 6.45) is 2.97. The third-order valence-electron chi connectivity index (χ3n) is 5.37. The van der Waals surface area contributed by atoms with E-state index in [1.54, 1.807) is 12.1 Å². The molecule has 1 heterocycles. The van der Waals surface area contributed by atoms with Crippen molar-refractivity contribution in [2.24, 2.45) is 11.3 Å². The van der Waals surface area contributed by atoms with E-state index < -0.39 is 4.92 Å². The van der Waals surface area contributed by atoms with Crippen LogP contribution in [0.15, 0.2) is 24.3 Å². The lowest BCUT2D eigenvalue weighted by Crippen LogP contribution is -2.26. The van der Waals surface area contributed by atoms with Crippen LogP contribution < -0.4 is 5.32 Å². The van der Waals surface area contributed by atoms with Crippen LogP contribution in [0.25, 0.3) is 0 Å². The van der Waals surface area contributed by atoms with E-state index in [1.807, 2.05) is 0 Å². The largest absolute Gasteiger partial charge is 0.316 e. The van der Waals surface area contributed by atoms with Crippen molar-refractivity contribution < 1.29 is 9.72 Å². The van der Waals surface area contributed by atoms with Crippen LogP contribution in [0.2, 0.25) is 0 Å². The van der Waals surface area contributed by atoms with Gasteiger partial charge in [-0.15, -0.1) is 11.3 Å². The van der Waals surface area contributed by atoms with Crippen molar-refractivity contribution in [3.05, 3.63) is 55.9 Å². The molecule has 2 aromatic rings. The first kappa shape index (κ1) is 20.0. The third-order valence-corrected chi connectivity index (χ3v) is 6.54. The number of hydrogen-bond donors (Lipinski definition) is 1. The van der Waals surface area contributed by atoms with Crippen LogP contribution in [0.1, 0.15) is 48.8 Å². The minimum Gasteiger partial charge on any atom is -0.316 e. The molecule has 1 N–H and O–H groups in total. The summed E-state index contributed by atoms with van der Waals surface area (Å²) in [7, 11) is 0. The monoisotopic (exact) mass is 397 g/mol. The molecule has 0 bridgehead atoms. The van der Waals surface area contributed by atoms with Crippen LogP contribution in [0, 0.1) is 32.8 Å². The van der Waals surface area contributed by atoms with Gasteiger partial charge in [0.05, 0.1) is 16.9 Å². The van der Waals surface area contributed by atoms with Crippen LogP contribution in [0.3, 0.4) is 0 Å². The number of carbonyl (C=O) groups is 1. The number of nitrogens with zero attached hydrogens (tertiary/aromatic N) is 2. The van der Waals surface area contributed by atoms with Crippen molar-refractivity contribution in [3.63, 3.8) is 0 Å². The maximum absolute atomic E-state index is 12.5.